The highest BCUT2D eigenvalue weighted by atomic mass is 35.5. The average Bonchev–Trinajstić information content (AvgIpc) is 3.32. The Kier molecular flexibility index (Phi) is 6.71. The minimum absolute atomic E-state index is 0.0381. The molecule has 2 saturated heterocycles. The van der Waals surface area contributed by atoms with Crippen molar-refractivity contribution < 1.29 is 23.4 Å². The summed E-state index contributed by atoms with van der Waals surface area (Å²) in [4.78, 5) is 23.2. The smallest absolute Gasteiger partial charge is 0.310 e. The van der Waals surface area contributed by atoms with Crippen molar-refractivity contribution in [3.8, 4) is 0 Å². The van der Waals surface area contributed by atoms with E-state index >= 15 is 4.39 Å². The third kappa shape index (κ3) is 4.36. The van der Waals surface area contributed by atoms with Gasteiger partial charge >= 0.3 is 5.97 Å². The van der Waals surface area contributed by atoms with Crippen LogP contribution in [0.5, 0.6) is 0 Å². The minimum atomic E-state index is -1.22. The third-order valence-corrected chi connectivity index (χ3v) is 8.26. The molecule has 190 valence electrons. The molecule has 2 N–H and O–H groups in total. The lowest BCUT2D eigenvalue weighted by atomic mass is 9.70. The molecular weight excluding hydrogens is 510 g/mol. The zero-order valence-electron chi connectivity index (χ0n) is 19.5. The molecule has 2 atom stereocenters. The summed E-state index contributed by atoms with van der Waals surface area (Å²) in [6.45, 7) is 2.87. The van der Waals surface area contributed by atoms with Crippen molar-refractivity contribution in [3.05, 3.63) is 69.8 Å². The highest BCUT2D eigenvalue weighted by Gasteiger charge is 2.54. The number of thiazole rings is 1. The van der Waals surface area contributed by atoms with Crippen LogP contribution in [0, 0.1) is 17.0 Å². The van der Waals surface area contributed by atoms with Crippen LogP contribution >= 0.6 is 22.9 Å². The molecule has 0 saturated carbocycles. The number of anilines is 2. The highest BCUT2D eigenvalue weighted by molar-refractivity contribution is 7.13. The summed E-state index contributed by atoms with van der Waals surface area (Å²) < 4.78 is 35.3. The molecule has 0 aliphatic carbocycles. The van der Waals surface area contributed by atoms with Gasteiger partial charge in [-0.05, 0) is 38.0 Å². The van der Waals surface area contributed by atoms with E-state index in [2.05, 4.69) is 20.2 Å². The van der Waals surface area contributed by atoms with Gasteiger partial charge < -0.3 is 15.2 Å². The summed E-state index contributed by atoms with van der Waals surface area (Å²) in [5.41, 5.74) is -1.41. The number of aliphatic carboxylic acids is 1. The second kappa shape index (κ2) is 9.66. The second-order valence-corrected chi connectivity index (χ2v) is 10.8. The van der Waals surface area contributed by atoms with E-state index in [1.807, 2.05) is 6.92 Å². The number of hydrogen-bond acceptors (Lipinski definition) is 7. The fraction of sp³-hybridized carbons (Fsp3) is 0.400. The minimum Gasteiger partial charge on any atom is -0.481 e. The molecule has 2 aliphatic heterocycles. The van der Waals surface area contributed by atoms with Crippen LogP contribution in [0.15, 0.2) is 41.9 Å². The van der Waals surface area contributed by atoms with Gasteiger partial charge in [0.15, 0.2) is 5.13 Å². The van der Waals surface area contributed by atoms with Crippen LogP contribution in [0.3, 0.4) is 0 Å². The number of rotatable bonds is 7. The fourth-order valence-electron chi connectivity index (χ4n) is 5.43. The number of pyridine rings is 1. The molecular formula is C25H25ClF2N4O3S. The Morgan fingerprint density at radius 1 is 1.33 bits per heavy atom. The number of nitrogens with one attached hydrogen (secondary N) is 1. The first kappa shape index (κ1) is 25.0. The Hall–Kier alpha value is -2.66. The summed E-state index contributed by atoms with van der Waals surface area (Å²) >= 11 is 7.44. The van der Waals surface area contributed by atoms with Crippen LogP contribution in [0.4, 0.5) is 19.7 Å². The van der Waals surface area contributed by atoms with Gasteiger partial charge in [-0.2, -0.15) is 0 Å². The Morgan fingerprint density at radius 2 is 2.14 bits per heavy atom. The van der Waals surface area contributed by atoms with E-state index in [0.29, 0.717) is 23.1 Å². The monoisotopic (exact) mass is 534 g/mol. The van der Waals surface area contributed by atoms with Gasteiger partial charge in [-0.3, -0.25) is 9.69 Å². The molecule has 4 heterocycles. The van der Waals surface area contributed by atoms with E-state index in [0.717, 1.165) is 0 Å². The maximum Gasteiger partial charge on any atom is 0.310 e. The molecule has 3 aromatic rings. The van der Waals surface area contributed by atoms with E-state index < -0.39 is 28.6 Å². The van der Waals surface area contributed by atoms with E-state index in [-0.39, 0.29) is 49.2 Å². The summed E-state index contributed by atoms with van der Waals surface area (Å²) in [6.07, 6.45) is 2.08. The van der Waals surface area contributed by atoms with Gasteiger partial charge in [-0.25, -0.2) is 18.7 Å². The third-order valence-electron chi connectivity index (χ3n) is 7.28. The van der Waals surface area contributed by atoms with Crippen LogP contribution in [0.2, 0.25) is 5.02 Å². The lowest BCUT2D eigenvalue weighted by Crippen LogP contribution is -2.65. The Bertz CT molecular complexity index is 1270. The largest absolute Gasteiger partial charge is 0.481 e. The number of halogens is 3. The fourth-order valence-corrected chi connectivity index (χ4v) is 6.14. The lowest BCUT2D eigenvalue weighted by Gasteiger charge is -2.56. The average molecular weight is 535 g/mol. The Morgan fingerprint density at radius 3 is 2.78 bits per heavy atom. The van der Waals surface area contributed by atoms with Gasteiger partial charge in [0.1, 0.15) is 17.5 Å². The van der Waals surface area contributed by atoms with Crippen molar-refractivity contribution >= 4 is 39.9 Å². The quantitative estimate of drug-likeness (QED) is 0.429. The molecule has 11 heteroatoms. The number of likely N-dealkylation sites (tertiary alicyclic amines) is 1. The van der Waals surface area contributed by atoms with Gasteiger partial charge in [-0.15, -0.1) is 11.3 Å². The number of ether oxygens (including phenoxy) is 1. The number of piperidine rings is 1. The molecule has 2 unspecified atom stereocenters. The lowest BCUT2D eigenvalue weighted by molar-refractivity contribution is -0.183. The summed E-state index contributed by atoms with van der Waals surface area (Å²) in [5, 5.41) is 15.8. The van der Waals surface area contributed by atoms with E-state index in [4.69, 9.17) is 16.3 Å². The van der Waals surface area contributed by atoms with Crippen LogP contribution in [0.1, 0.15) is 31.0 Å². The standard InChI is InChI=1S/C25H25ClF2N4O3S/c1-15-11-24(22(33)34,12-19-18(27)5-6-20(30-19)31-23-29-8-10-36-23)7-9-32(15)25(13-35-14-25)16-3-2-4-17(26)21(16)28/h2-6,8,10,15H,7,9,11-14H2,1H3,(H,33,34)(H,29,30,31). The van der Waals surface area contributed by atoms with Gasteiger partial charge in [0.2, 0.25) is 0 Å². The molecule has 36 heavy (non-hydrogen) atoms. The van der Waals surface area contributed by atoms with Gasteiger partial charge in [0.25, 0.3) is 0 Å². The molecule has 5 rings (SSSR count). The van der Waals surface area contributed by atoms with Crippen molar-refractivity contribution in [3.63, 3.8) is 0 Å². The Labute approximate surface area is 216 Å². The van der Waals surface area contributed by atoms with Crippen LogP contribution in [0.25, 0.3) is 0 Å². The molecule has 2 fully saturated rings. The van der Waals surface area contributed by atoms with Gasteiger partial charge in [0, 0.05) is 36.1 Å². The van der Waals surface area contributed by atoms with E-state index in [9.17, 15) is 14.3 Å². The number of carbonyl (C=O) groups is 1. The molecule has 2 aliphatic rings. The summed E-state index contributed by atoms with van der Waals surface area (Å²) in [5.74, 6) is -1.64. The number of hydrogen-bond donors (Lipinski definition) is 2. The van der Waals surface area contributed by atoms with Crippen molar-refractivity contribution in [2.75, 3.05) is 25.1 Å². The number of benzene rings is 1. The molecule has 1 aromatic carbocycles. The molecule has 0 radical (unpaired) electrons. The zero-order chi connectivity index (χ0) is 25.5. The molecule has 2 aromatic heterocycles. The van der Waals surface area contributed by atoms with Crippen LogP contribution in [-0.2, 0) is 21.5 Å². The zero-order valence-corrected chi connectivity index (χ0v) is 21.1. The predicted octanol–water partition coefficient (Wildman–Crippen LogP) is 5.24. The second-order valence-electron chi connectivity index (χ2n) is 9.47. The first-order valence-corrected chi connectivity index (χ1v) is 12.8. The summed E-state index contributed by atoms with van der Waals surface area (Å²) in [6, 6.07) is 7.46. The van der Waals surface area contributed by atoms with Crippen molar-refractivity contribution in [1.82, 2.24) is 14.9 Å². The predicted molar refractivity (Wildman–Crippen MR) is 133 cm³/mol. The van der Waals surface area contributed by atoms with Crippen molar-refractivity contribution in [2.45, 2.75) is 37.8 Å². The molecule has 7 nitrogen and oxygen atoms in total. The maximum atomic E-state index is 15.0. The molecule has 0 bridgehead atoms. The number of nitrogens with zero attached hydrogens (tertiary/aromatic N) is 3. The molecule has 0 spiro atoms. The van der Waals surface area contributed by atoms with Crippen LogP contribution in [-0.4, -0.2) is 51.7 Å². The van der Waals surface area contributed by atoms with Gasteiger partial charge in [0.05, 0.1) is 34.9 Å². The first-order chi connectivity index (χ1) is 17.2. The van der Waals surface area contributed by atoms with Crippen molar-refractivity contribution in [2.24, 2.45) is 5.41 Å². The van der Waals surface area contributed by atoms with E-state index in [1.165, 1.54) is 29.5 Å². The normalized spacial score (nSPS) is 23.7. The summed E-state index contributed by atoms with van der Waals surface area (Å²) in [7, 11) is 0. The SMILES string of the molecule is CC1CC(Cc2nc(Nc3nccs3)ccc2F)(C(=O)O)CCN1C1(c2cccc(Cl)c2F)COC1. The van der Waals surface area contributed by atoms with Crippen molar-refractivity contribution in [1.29, 1.82) is 0 Å². The van der Waals surface area contributed by atoms with Gasteiger partial charge in [-0.1, -0.05) is 23.7 Å². The van der Waals surface area contributed by atoms with E-state index in [1.54, 1.807) is 23.7 Å². The Balaban J connectivity index is 1.40. The first-order valence-electron chi connectivity index (χ1n) is 11.6. The highest BCUT2D eigenvalue weighted by Crippen LogP contribution is 2.47. The molecule has 0 amide bonds. The number of carboxylic acid groups (broad SMARTS) is 1. The number of carboxylic acids is 1. The number of aromatic nitrogens is 2. The maximum absolute atomic E-state index is 15.0. The van der Waals surface area contributed by atoms with Crippen LogP contribution < -0.4 is 5.32 Å². The topological polar surface area (TPSA) is 87.6 Å².